The van der Waals surface area contributed by atoms with E-state index in [-0.39, 0.29) is 11.9 Å². The number of hydrogen-bond donors (Lipinski definition) is 1. The van der Waals surface area contributed by atoms with Gasteiger partial charge in [0.1, 0.15) is 0 Å². The van der Waals surface area contributed by atoms with Crippen LogP contribution in [0.15, 0.2) is 36.5 Å². The van der Waals surface area contributed by atoms with Crippen LogP contribution in [0.4, 0.5) is 0 Å². The Hall–Kier alpha value is -1.94. The molecule has 3 rings (SSSR count). The number of amides is 1. The number of nitrogens with two attached hydrogens (primary N) is 1. The van der Waals surface area contributed by atoms with Crippen LogP contribution in [-0.4, -0.2) is 34.9 Å². The Balaban J connectivity index is 1.93. The lowest BCUT2D eigenvalue weighted by molar-refractivity contribution is 0.0716. The maximum Gasteiger partial charge on any atom is 0.254 e. The zero-order chi connectivity index (χ0) is 13.2. The zero-order valence-corrected chi connectivity index (χ0v) is 10.7. The number of carbonyl (C=O) groups excluding carboxylic acids is 1. The Bertz CT molecular complexity index is 598. The molecule has 19 heavy (non-hydrogen) atoms. The maximum absolute atomic E-state index is 12.6. The lowest BCUT2D eigenvalue weighted by atomic mass is 10.0. The number of hydrogen-bond acceptors (Lipinski definition) is 3. The zero-order valence-electron chi connectivity index (χ0n) is 10.7. The molecule has 0 aliphatic carbocycles. The van der Waals surface area contributed by atoms with Crippen molar-refractivity contribution in [3.8, 4) is 0 Å². The molecule has 2 heterocycles. The van der Waals surface area contributed by atoms with Gasteiger partial charge >= 0.3 is 0 Å². The van der Waals surface area contributed by atoms with Gasteiger partial charge in [-0.15, -0.1) is 0 Å². The fourth-order valence-electron chi connectivity index (χ4n) is 2.56. The van der Waals surface area contributed by atoms with Crippen molar-refractivity contribution in [2.24, 2.45) is 5.73 Å². The predicted octanol–water partition coefficient (Wildman–Crippen LogP) is 1.80. The minimum absolute atomic E-state index is 0.0884. The van der Waals surface area contributed by atoms with Crippen molar-refractivity contribution in [2.75, 3.05) is 13.1 Å². The minimum atomic E-state index is 0.0884. The number of carbonyl (C=O) groups is 1. The Kier molecular flexibility index (Phi) is 3.17. The fraction of sp³-hybridized carbons (Fsp3) is 0.333. The van der Waals surface area contributed by atoms with Gasteiger partial charge in [-0.1, -0.05) is 18.2 Å². The number of fused-ring (bicyclic) bond motifs is 1. The number of rotatable bonds is 1. The van der Waals surface area contributed by atoms with Gasteiger partial charge in [0.05, 0.1) is 11.1 Å². The molecule has 1 amide bonds. The van der Waals surface area contributed by atoms with Gasteiger partial charge in [-0.25, -0.2) is 0 Å². The van der Waals surface area contributed by atoms with Crippen LogP contribution in [0.2, 0.25) is 0 Å². The molecule has 0 atom stereocenters. The minimum Gasteiger partial charge on any atom is -0.339 e. The highest BCUT2D eigenvalue weighted by Crippen LogP contribution is 2.19. The first-order valence-electron chi connectivity index (χ1n) is 6.64. The van der Waals surface area contributed by atoms with Crippen LogP contribution >= 0.6 is 0 Å². The van der Waals surface area contributed by atoms with Crippen molar-refractivity contribution in [2.45, 2.75) is 18.9 Å². The molecule has 1 aromatic heterocycles. The number of aromatic nitrogens is 1. The van der Waals surface area contributed by atoms with Crippen molar-refractivity contribution in [3.05, 3.63) is 42.1 Å². The Morgan fingerprint density at radius 2 is 1.95 bits per heavy atom. The smallest absolute Gasteiger partial charge is 0.254 e. The highest BCUT2D eigenvalue weighted by molar-refractivity contribution is 6.05. The van der Waals surface area contributed by atoms with E-state index in [1.54, 1.807) is 12.3 Å². The first-order valence-corrected chi connectivity index (χ1v) is 6.64. The van der Waals surface area contributed by atoms with Crippen LogP contribution in [0.1, 0.15) is 23.2 Å². The summed E-state index contributed by atoms with van der Waals surface area (Å²) in [5.74, 6) is 0.0884. The lowest BCUT2D eigenvalue weighted by Crippen LogP contribution is -2.42. The van der Waals surface area contributed by atoms with E-state index in [4.69, 9.17) is 5.73 Å². The van der Waals surface area contributed by atoms with Crippen molar-refractivity contribution in [1.29, 1.82) is 0 Å². The van der Waals surface area contributed by atoms with Crippen LogP contribution in [-0.2, 0) is 0 Å². The molecule has 1 aromatic carbocycles. The summed E-state index contributed by atoms with van der Waals surface area (Å²) in [4.78, 5) is 18.8. The van der Waals surface area contributed by atoms with E-state index < -0.39 is 0 Å². The van der Waals surface area contributed by atoms with E-state index in [9.17, 15) is 4.79 Å². The van der Waals surface area contributed by atoms with Crippen LogP contribution in [0.5, 0.6) is 0 Å². The molecule has 0 bridgehead atoms. The summed E-state index contributed by atoms with van der Waals surface area (Å²) in [6.07, 6.45) is 3.47. The van der Waals surface area contributed by atoms with E-state index in [1.807, 2.05) is 29.2 Å². The molecule has 1 fully saturated rings. The summed E-state index contributed by atoms with van der Waals surface area (Å²) in [6, 6.07) is 9.79. The largest absolute Gasteiger partial charge is 0.339 e. The molecule has 1 aliphatic rings. The predicted molar refractivity (Wildman–Crippen MR) is 74.9 cm³/mol. The van der Waals surface area contributed by atoms with Gasteiger partial charge in [0.2, 0.25) is 0 Å². The molecular weight excluding hydrogens is 238 g/mol. The third kappa shape index (κ3) is 2.31. The average molecular weight is 255 g/mol. The number of benzene rings is 1. The van der Waals surface area contributed by atoms with E-state index in [0.717, 1.165) is 42.4 Å². The van der Waals surface area contributed by atoms with Gasteiger partial charge in [0.15, 0.2) is 0 Å². The molecule has 4 heteroatoms. The molecule has 2 aromatic rings. The van der Waals surface area contributed by atoms with Crippen LogP contribution in [0.3, 0.4) is 0 Å². The molecule has 0 spiro atoms. The highest BCUT2D eigenvalue weighted by Gasteiger charge is 2.22. The van der Waals surface area contributed by atoms with Crippen molar-refractivity contribution < 1.29 is 4.79 Å². The second kappa shape index (κ2) is 4.97. The van der Waals surface area contributed by atoms with Crippen molar-refractivity contribution >= 4 is 16.8 Å². The highest BCUT2D eigenvalue weighted by atomic mass is 16.2. The van der Waals surface area contributed by atoms with Gasteiger partial charge < -0.3 is 10.6 Å². The Morgan fingerprint density at radius 1 is 1.21 bits per heavy atom. The summed E-state index contributed by atoms with van der Waals surface area (Å²) in [5.41, 5.74) is 7.48. The molecule has 0 unspecified atom stereocenters. The molecule has 1 aliphatic heterocycles. The van der Waals surface area contributed by atoms with Gasteiger partial charge in [-0.3, -0.25) is 9.78 Å². The normalized spacial score (nSPS) is 16.8. The number of piperidine rings is 1. The molecule has 1 saturated heterocycles. The SMILES string of the molecule is NC1CCN(C(=O)c2ccnc3ccccc23)CC1. The van der Waals surface area contributed by atoms with E-state index in [1.165, 1.54) is 0 Å². The lowest BCUT2D eigenvalue weighted by Gasteiger charge is -2.30. The molecule has 98 valence electrons. The Morgan fingerprint density at radius 3 is 2.74 bits per heavy atom. The van der Waals surface area contributed by atoms with Crippen LogP contribution < -0.4 is 5.73 Å². The second-order valence-corrected chi connectivity index (χ2v) is 5.01. The molecule has 2 N–H and O–H groups in total. The van der Waals surface area contributed by atoms with E-state index in [2.05, 4.69) is 4.98 Å². The van der Waals surface area contributed by atoms with Gasteiger partial charge in [-0.05, 0) is 25.0 Å². The van der Waals surface area contributed by atoms with Gasteiger partial charge in [-0.2, -0.15) is 0 Å². The van der Waals surface area contributed by atoms with Crippen molar-refractivity contribution in [1.82, 2.24) is 9.88 Å². The standard InChI is InChI=1S/C15H17N3O/c16-11-6-9-18(10-7-11)15(19)13-5-8-17-14-4-2-1-3-12(13)14/h1-5,8,11H,6-7,9-10,16H2. The first-order chi connectivity index (χ1) is 9.25. The number of nitrogens with zero attached hydrogens (tertiary/aromatic N) is 2. The summed E-state index contributed by atoms with van der Waals surface area (Å²) in [7, 11) is 0. The topological polar surface area (TPSA) is 59.2 Å². The van der Waals surface area contributed by atoms with Gasteiger partial charge in [0.25, 0.3) is 5.91 Å². The second-order valence-electron chi connectivity index (χ2n) is 5.01. The van der Waals surface area contributed by atoms with Crippen LogP contribution in [0, 0.1) is 0 Å². The van der Waals surface area contributed by atoms with E-state index in [0.29, 0.717) is 0 Å². The first kappa shape index (κ1) is 12.1. The average Bonchev–Trinajstić information content (AvgIpc) is 2.47. The summed E-state index contributed by atoms with van der Waals surface area (Å²) >= 11 is 0. The number of likely N-dealkylation sites (tertiary alicyclic amines) is 1. The molecular formula is C15H17N3O. The summed E-state index contributed by atoms with van der Waals surface area (Å²) in [6.45, 7) is 1.49. The van der Waals surface area contributed by atoms with E-state index >= 15 is 0 Å². The Labute approximate surface area is 112 Å². The van der Waals surface area contributed by atoms with Crippen LogP contribution in [0.25, 0.3) is 10.9 Å². The molecule has 0 saturated carbocycles. The maximum atomic E-state index is 12.6. The quantitative estimate of drug-likeness (QED) is 0.845. The third-order valence-corrected chi connectivity index (χ3v) is 3.71. The van der Waals surface area contributed by atoms with Crippen molar-refractivity contribution in [3.63, 3.8) is 0 Å². The molecule has 0 radical (unpaired) electrons. The third-order valence-electron chi connectivity index (χ3n) is 3.71. The summed E-state index contributed by atoms with van der Waals surface area (Å²) < 4.78 is 0. The molecule has 4 nitrogen and oxygen atoms in total. The van der Waals surface area contributed by atoms with Gasteiger partial charge in [0, 0.05) is 30.7 Å². The number of pyridine rings is 1. The monoisotopic (exact) mass is 255 g/mol. The summed E-state index contributed by atoms with van der Waals surface area (Å²) in [5, 5.41) is 0.921. The fourth-order valence-corrected chi connectivity index (χ4v) is 2.56. The number of para-hydroxylation sites is 1.